The molecule has 0 aliphatic carbocycles. The van der Waals surface area contributed by atoms with Crippen molar-refractivity contribution in [1.82, 2.24) is 4.90 Å². The van der Waals surface area contributed by atoms with E-state index in [-0.39, 0.29) is 24.5 Å². The van der Waals surface area contributed by atoms with Crippen molar-refractivity contribution in [1.29, 1.82) is 0 Å². The number of primary amides is 1. The summed E-state index contributed by atoms with van der Waals surface area (Å²) in [6.45, 7) is 4.36. The van der Waals surface area contributed by atoms with Gasteiger partial charge in [0.2, 0.25) is 5.91 Å². The molecule has 2 atom stereocenters. The highest BCUT2D eigenvalue weighted by molar-refractivity contribution is 6.30. The number of ether oxygens (including phenoxy) is 1. The molecular formula is C17H25ClN2O3. The van der Waals surface area contributed by atoms with Crippen LogP contribution in [0.15, 0.2) is 24.3 Å². The number of amides is 1. The zero-order valence-corrected chi connectivity index (χ0v) is 14.2. The van der Waals surface area contributed by atoms with Crippen LogP contribution in [0, 0.1) is 5.92 Å². The van der Waals surface area contributed by atoms with Crippen molar-refractivity contribution in [2.24, 2.45) is 11.7 Å². The number of aliphatic hydroxyl groups is 1. The molecule has 2 unspecified atom stereocenters. The number of halogens is 1. The Morgan fingerprint density at radius 1 is 1.39 bits per heavy atom. The highest BCUT2D eigenvalue weighted by Gasteiger charge is 2.24. The molecule has 1 amide bonds. The average molecular weight is 341 g/mol. The van der Waals surface area contributed by atoms with E-state index < -0.39 is 6.10 Å². The summed E-state index contributed by atoms with van der Waals surface area (Å²) in [5.74, 6) is -0.241. The van der Waals surface area contributed by atoms with Crippen molar-refractivity contribution >= 4 is 17.5 Å². The summed E-state index contributed by atoms with van der Waals surface area (Å²) < 4.78 is 5.74. The molecular weight excluding hydrogens is 316 g/mol. The van der Waals surface area contributed by atoms with Crippen molar-refractivity contribution in [3.8, 4) is 0 Å². The lowest BCUT2D eigenvalue weighted by Crippen LogP contribution is -2.42. The lowest BCUT2D eigenvalue weighted by molar-refractivity contribution is -0.123. The average Bonchev–Trinajstić information content (AvgIpc) is 2.54. The number of nitrogens with zero attached hydrogens (tertiary/aromatic N) is 1. The Balaban J connectivity index is 1.70. The number of likely N-dealkylation sites (tertiary alicyclic amines) is 1. The first-order chi connectivity index (χ1) is 11.0. The summed E-state index contributed by atoms with van der Waals surface area (Å²) in [5, 5.41) is 10.8. The van der Waals surface area contributed by atoms with Crippen LogP contribution in [-0.4, -0.2) is 48.3 Å². The Bertz CT molecular complexity index is 501. The fourth-order valence-corrected chi connectivity index (χ4v) is 2.96. The van der Waals surface area contributed by atoms with Crippen molar-refractivity contribution in [3.05, 3.63) is 34.9 Å². The lowest BCUT2D eigenvalue weighted by Gasteiger charge is -2.32. The van der Waals surface area contributed by atoms with E-state index in [1.807, 2.05) is 31.2 Å². The summed E-state index contributed by atoms with van der Waals surface area (Å²) >= 11 is 5.87. The standard InChI is InChI=1S/C17H25ClN2O3/c1-12(13-2-4-15(18)5-3-13)23-11-16(21)10-20-8-6-14(7-9-20)17(19)22/h2-5,12,14,16,21H,6-11H2,1H3,(H2,19,22). The third-order valence-corrected chi connectivity index (χ3v) is 4.59. The summed E-state index contributed by atoms with van der Waals surface area (Å²) in [4.78, 5) is 13.3. The second kappa shape index (κ2) is 8.64. The molecule has 1 fully saturated rings. The van der Waals surface area contributed by atoms with Gasteiger partial charge in [0.05, 0.1) is 18.8 Å². The Morgan fingerprint density at radius 2 is 2.00 bits per heavy atom. The molecule has 2 rings (SSSR count). The van der Waals surface area contributed by atoms with Crippen LogP contribution in [0.4, 0.5) is 0 Å². The Labute approximate surface area is 142 Å². The van der Waals surface area contributed by atoms with E-state index >= 15 is 0 Å². The molecule has 1 aliphatic rings. The molecule has 3 N–H and O–H groups in total. The van der Waals surface area contributed by atoms with Gasteiger partial charge >= 0.3 is 0 Å². The SMILES string of the molecule is CC(OCC(O)CN1CCC(C(N)=O)CC1)c1ccc(Cl)cc1. The fourth-order valence-electron chi connectivity index (χ4n) is 2.84. The van der Waals surface area contributed by atoms with Gasteiger partial charge in [0.25, 0.3) is 0 Å². The van der Waals surface area contributed by atoms with Crippen LogP contribution in [0.5, 0.6) is 0 Å². The summed E-state index contributed by atoms with van der Waals surface area (Å²) in [5.41, 5.74) is 6.36. The maximum Gasteiger partial charge on any atom is 0.220 e. The van der Waals surface area contributed by atoms with Gasteiger partial charge in [-0.25, -0.2) is 0 Å². The molecule has 0 saturated carbocycles. The zero-order valence-electron chi connectivity index (χ0n) is 13.5. The van der Waals surface area contributed by atoms with Gasteiger partial charge in [0.1, 0.15) is 0 Å². The number of β-amino-alcohol motifs (C(OH)–C–C–N with tert-alkyl or cyclic N) is 1. The number of nitrogens with two attached hydrogens (primary N) is 1. The lowest BCUT2D eigenvalue weighted by atomic mass is 9.96. The van der Waals surface area contributed by atoms with Crippen LogP contribution in [0.3, 0.4) is 0 Å². The van der Waals surface area contributed by atoms with Gasteiger partial charge in [0, 0.05) is 17.5 Å². The molecule has 1 saturated heterocycles. The largest absolute Gasteiger partial charge is 0.389 e. The molecule has 6 heteroatoms. The maximum atomic E-state index is 11.1. The van der Waals surface area contributed by atoms with Gasteiger partial charge in [-0.1, -0.05) is 23.7 Å². The van der Waals surface area contributed by atoms with Crippen LogP contribution in [0.25, 0.3) is 0 Å². The summed E-state index contributed by atoms with van der Waals surface area (Å²) in [6.07, 6.45) is 0.895. The van der Waals surface area contributed by atoms with Gasteiger partial charge in [0.15, 0.2) is 0 Å². The first kappa shape index (κ1) is 18.2. The van der Waals surface area contributed by atoms with Crippen molar-refractivity contribution in [2.75, 3.05) is 26.2 Å². The minimum Gasteiger partial charge on any atom is -0.389 e. The maximum absolute atomic E-state index is 11.1. The molecule has 1 heterocycles. The van der Waals surface area contributed by atoms with E-state index in [0.29, 0.717) is 11.6 Å². The molecule has 5 nitrogen and oxygen atoms in total. The quantitative estimate of drug-likeness (QED) is 0.795. The van der Waals surface area contributed by atoms with Gasteiger partial charge < -0.3 is 20.5 Å². The van der Waals surface area contributed by atoms with E-state index in [1.54, 1.807) is 0 Å². The highest BCUT2D eigenvalue weighted by atomic mass is 35.5. The molecule has 0 radical (unpaired) electrons. The van der Waals surface area contributed by atoms with Crippen molar-refractivity contribution < 1.29 is 14.6 Å². The minimum absolute atomic E-state index is 0.0235. The fraction of sp³-hybridized carbons (Fsp3) is 0.588. The molecule has 1 aliphatic heterocycles. The molecule has 0 spiro atoms. The van der Waals surface area contributed by atoms with Crippen molar-refractivity contribution in [2.45, 2.75) is 32.0 Å². The highest BCUT2D eigenvalue weighted by Crippen LogP contribution is 2.20. The zero-order chi connectivity index (χ0) is 16.8. The van der Waals surface area contributed by atoms with E-state index in [9.17, 15) is 9.90 Å². The normalized spacial score (nSPS) is 19.4. The number of benzene rings is 1. The molecule has 23 heavy (non-hydrogen) atoms. The van der Waals surface area contributed by atoms with Gasteiger partial charge in [-0.05, 0) is 50.6 Å². The van der Waals surface area contributed by atoms with Crippen LogP contribution >= 0.6 is 11.6 Å². The number of carbonyl (C=O) groups is 1. The number of aliphatic hydroxyl groups excluding tert-OH is 1. The Kier molecular flexibility index (Phi) is 6.84. The Morgan fingerprint density at radius 3 is 2.57 bits per heavy atom. The first-order valence-corrected chi connectivity index (χ1v) is 8.40. The second-order valence-electron chi connectivity index (χ2n) is 6.16. The van der Waals surface area contributed by atoms with E-state index in [4.69, 9.17) is 22.1 Å². The van der Waals surface area contributed by atoms with Crippen LogP contribution < -0.4 is 5.73 Å². The predicted molar refractivity (Wildman–Crippen MR) is 90.2 cm³/mol. The van der Waals surface area contributed by atoms with E-state index in [1.165, 1.54) is 0 Å². The monoisotopic (exact) mass is 340 g/mol. The number of piperidine rings is 1. The molecule has 0 aromatic heterocycles. The smallest absolute Gasteiger partial charge is 0.220 e. The minimum atomic E-state index is -0.546. The molecule has 0 bridgehead atoms. The van der Waals surface area contributed by atoms with E-state index in [0.717, 1.165) is 31.5 Å². The van der Waals surface area contributed by atoms with Crippen LogP contribution in [-0.2, 0) is 9.53 Å². The first-order valence-electron chi connectivity index (χ1n) is 8.02. The second-order valence-corrected chi connectivity index (χ2v) is 6.59. The van der Waals surface area contributed by atoms with Crippen LogP contribution in [0.1, 0.15) is 31.4 Å². The third kappa shape index (κ3) is 5.77. The van der Waals surface area contributed by atoms with Gasteiger partial charge in [-0.2, -0.15) is 0 Å². The number of hydrogen-bond acceptors (Lipinski definition) is 4. The molecule has 1 aromatic rings. The third-order valence-electron chi connectivity index (χ3n) is 4.34. The van der Waals surface area contributed by atoms with E-state index in [2.05, 4.69) is 4.90 Å². The topological polar surface area (TPSA) is 75.8 Å². The molecule has 128 valence electrons. The van der Waals surface area contributed by atoms with Gasteiger partial charge in [-0.3, -0.25) is 4.79 Å². The Hall–Kier alpha value is -1.14. The summed E-state index contributed by atoms with van der Waals surface area (Å²) in [6, 6.07) is 7.51. The van der Waals surface area contributed by atoms with Crippen molar-refractivity contribution in [3.63, 3.8) is 0 Å². The van der Waals surface area contributed by atoms with Crippen LogP contribution in [0.2, 0.25) is 5.02 Å². The number of rotatable bonds is 7. The summed E-state index contributed by atoms with van der Waals surface area (Å²) in [7, 11) is 0. The predicted octanol–water partition coefficient (Wildman–Crippen LogP) is 1.98. The number of carbonyl (C=O) groups excluding carboxylic acids is 1. The number of hydrogen-bond donors (Lipinski definition) is 2. The van der Waals surface area contributed by atoms with Gasteiger partial charge in [-0.15, -0.1) is 0 Å². The molecule has 1 aromatic carbocycles.